The van der Waals surface area contributed by atoms with Crippen molar-refractivity contribution in [1.82, 2.24) is 20.0 Å². The van der Waals surface area contributed by atoms with Crippen molar-refractivity contribution >= 4 is 24.0 Å². The first-order valence-electron chi connectivity index (χ1n) is 6.96. The number of nitrogens with one attached hydrogen (secondary N) is 1. The fourth-order valence-electron chi connectivity index (χ4n) is 2.59. The lowest BCUT2D eigenvalue weighted by Gasteiger charge is -2.31. The van der Waals surface area contributed by atoms with E-state index in [4.69, 9.17) is 11.6 Å². The number of rotatable bonds is 3. The Morgan fingerprint density at radius 1 is 1.33 bits per heavy atom. The molecule has 2 heterocycles. The molecule has 1 aliphatic rings. The minimum Gasteiger partial charge on any atom is -0.312 e. The average molecular weight is 327 g/mol. The van der Waals surface area contributed by atoms with Crippen molar-refractivity contribution in [2.75, 3.05) is 19.6 Å². The number of aromatic nitrogens is 2. The van der Waals surface area contributed by atoms with Crippen LogP contribution in [0.1, 0.15) is 12.5 Å². The van der Waals surface area contributed by atoms with Crippen LogP contribution < -0.4 is 5.32 Å². The molecule has 21 heavy (non-hydrogen) atoms. The summed E-state index contributed by atoms with van der Waals surface area (Å²) in [5.74, 6) is 0. The second-order valence-electron chi connectivity index (χ2n) is 5.36. The molecular formula is C15H20Cl2N4. The van der Waals surface area contributed by atoms with Gasteiger partial charge in [-0.05, 0) is 31.2 Å². The maximum Gasteiger partial charge on any atom is 0.0646 e. The highest BCUT2D eigenvalue weighted by Gasteiger charge is 2.16. The van der Waals surface area contributed by atoms with Crippen LogP contribution in [0.25, 0.3) is 5.69 Å². The standard InChI is InChI=1S/C15H19ClN4.ClH/c1-12-9-19(7-6-17-12)10-13-8-18-20(11-13)15-4-2-14(16)3-5-15;/h2-5,8,11-12,17H,6-7,9-10H2,1H3;1H/t12-;/m1./s1. The predicted octanol–water partition coefficient (Wildman–Crippen LogP) is 2.74. The number of benzene rings is 1. The van der Waals surface area contributed by atoms with Crippen molar-refractivity contribution in [3.05, 3.63) is 47.2 Å². The number of hydrogen-bond donors (Lipinski definition) is 1. The molecule has 6 heteroatoms. The van der Waals surface area contributed by atoms with Gasteiger partial charge in [0.05, 0.1) is 11.9 Å². The van der Waals surface area contributed by atoms with E-state index in [0.717, 1.165) is 36.9 Å². The van der Waals surface area contributed by atoms with Gasteiger partial charge >= 0.3 is 0 Å². The van der Waals surface area contributed by atoms with Gasteiger partial charge in [-0.2, -0.15) is 5.10 Å². The highest BCUT2D eigenvalue weighted by atomic mass is 35.5. The summed E-state index contributed by atoms with van der Waals surface area (Å²) in [7, 11) is 0. The van der Waals surface area contributed by atoms with E-state index in [2.05, 4.69) is 28.4 Å². The summed E-state index contributed by atoms with van der Waals surface area (Å²) < 4.78 is 1.90. The molecule has 0 aliphatic carbocycles. The molecule has 3 rings (SSSR count). The van der Waals surface area contributed by atoms with Gasteiger partial charge in [0, 0.05) is 49.0 Å². The van der Waals surface area contributed by atoms with Gasteiger partial charge in [-0.15, -0.1) is 12.4 Å². The molecule has 114 valence electrons. The van der Waals surface area contributed by atoms with Crippen LogP contribution in [0.3, 0.4) is 0 Å². The average Bonchev–Trinajstić information content (AvgIpc) is 2.88. The highest BCUT2D eigenvalue weighted by Crippen LogP contribution is 2.14. The van der Waals surface area contributed by atoms with E-state index in [0.29, 0.717) is 6.04 Å². The van der Waals surface area contributed by atoms with Gasteiger partial charge in [0.15, 0.2) is 0 Å². The normalized spacial score (nSPS) is 19.2. The fraction of sp³-hybridized carbons (Fsp3) is 0.400. The van der Waals surface area contributed by atoms with Crippen LogP contribution in [0.4, 0.5) is 0 Å². The maximum atomic E-state index is 5.90. The number of hydrogen-bond acceptors (Lipinski definition) is 3. The lowest BCUT2D eigenvalue weighted by Crippen LogP contribution is -2.48. The first kappa shape index (κ1) is 16.3. The molecule has 4 nitrogen and oxygen atoms in total. The van der Waals surface area contributed by atoms with Crippen LogP contribution in [0, 0.1) is 0 Å². The van der Waals surface area contributed by atoms with Crippen LogP contribution in [0.2, 0.25) is 5.02 Å². The second-order valence-corrected chi connectivity index (χ2v) is 5.80. The number of nitrogens with zero attached hydrogens (tertiary/aromatic N) is 3. The summed E-state index contributed by atoms with van der Waals surface area (Å²) in [6.45, 7) is 6.43. The molecule has 0 amide bonds. The smallest absolute Gasteiger partial charge is 0.0646 e. The highest BCUT2D eigenvalue weighted by molar-refractivity contribution is 6.30. The summed E-state index contributed by atoms with van der Waals surface area (Å²) in [4.78, 5) is 2.46. The van der Waals surface area contributed by atoms with Crippen LogP contribution in [0.15, 0.2) is 36.7 Å². The lowest BCUT2D eigenvalue weighted by atomic mass is 10.2. The Hall–Kier alpha value is -1.07. The third-order valence-electron chi connectivity index (χ3n) is 3.59. The number of halogens is 2. The molecule has 0 bridgehead atoms. The molecule has 0 saturated carbocycles. The summed E-state index contributed by atoms with van der Waals surface area (Å²) in [6, 6.07) is 8.29. The quantitative estimate of drug-likeness (QED) is 0.941. The van der Waals surface area contributed by atoms with Gasteiger partial charge < -0.3 is 5.32 Å². The zero-order valence-corrected chi connectivity index (χ0v) is 13.6. The van der Waals surface area contributed by atoms with E-state index in [1.54, 1.807) is 0 Å². The molecule has 1 N–H and O–H groups in total. The minimum absolute atomic E-state index is 0. The zero-order valence-electron chi connectivity index (χ0n) is 12.0. The van der Waals surface area contributed by atoms with Crippen LogP contribution in [-0.2, 0) is 6.54 Å². The second kappa shape index (κ2) is 7.27. The van der Waals surface area contributed by atoms with Crippen LogP contribution in [-0.4, -0.2) is 40.4 Å². The molecule has 0 spiro atoms. The van der Waals surface area contributed by atoms with Crippen molar-refractivity contribution < 1.29 is 0 Å². The van der Waals surface area contributed by atoms with E-state index in [-0.39, 0.29) is 12.4 Å². The summed E-state index contributed by atoms with van der Waals surface area (Å²) in [5.41, 5.74) is 2.28. The van der Waals surface area contributed by atoms with Gasteiger partial charge in [0.1, 0.15) is 0 Å². The van der Waals surface area contributed by atoms with Crippen molar-refractivity contribution in [2.24, 2.45) is 0 Å². The van der Waals surface area contributed by atoms with Crippen LogP contribution in [0.5, 0.6) is 0 Å². The molecule has 1 fully saturated rings. The van der Waals surface area contributed by atoms with Gasteiger partial charge in [0.25, 0.3) is 0 Å². The Morgan fingerprint density at radius 3 is 2.81 bits per heavy atom. The van der Waals surface area contributed by atoms with Crippen LogP contribution >= 0.6 is 24.0 Å². The first-order chi connectivity index (χ1) is 9.70. The van der Waals surface area contributed by atoms with E-state index < -0.39 is 0 Å². The third-order valence-corrected chi connectivity index (χ3v) is 3.84. The Balaban J connectivity index is 0.00000161. The van der Waals surface area contributed by atoms with Gasteiger partial charge in [0.2, 0.25) is 0 Å². The van der Waals surface area contributed by atoms with Gasteiger partial charge in [-0.3, -0.25) is 4.90 Å². The van der Waals surface area contributed by atoms with Crippen molar-refractivity contribution in [3.8, 4) is 5.69 Å². The monoisotopic (exact) mass is 326 g/mol. The SMILES string of the molecule is C[C@@H]1CN(Cc2cnn(-c3ccc(Cl)cc3)c2)CCN1.Cl. The lowest BCUT2D eigenvalue weighted by molar-refractivity contribution is 0.199. The van der Waals surface area contributed by atoms with Crippen molar-refractivity contribution in [1.29, 1.82) is 0 Å². The maximum absolute atomic E-state index is 5.90. The molecule has 1 aromatic carbocycles. The topological polar surface area (TPSA) is 33.1 Å². The predicted molar refractivity (Wildman–Crippen MR) is 88.6 cm³/mol. The van der Waals surface area contributed by atoms with Gasteiger partial charge in [-0.1, -0.05) is 11.6 Å². The molecule has 1 saturated heterocycles. The number of piperazine rings is 1. The summed E-state index contributed by atoms with van der Waals surface area (Å²) in [6.07, 6.45) is 4.04. The molecule has 1 aromatic heterocycles. The van der Waals surface area contributed by atoms with Crippen molar-refractivity contribution in [3.63, 3.8) is 0 Å². The molecule has 1 aliphatic heterocycles. The Bertz CT molecular complexity index is 567. The van der Waals surface area contributed by atoms with Gasteiger partial charge in [-0.25, -0.2) is 4.68 Å². The molecule has 0 radical (unpaired) electrons. The molecular weight excluding hydrogens is 307 g/mol. The van der Waals surface area contributed by atoms with E-state index in [1.807, 2.05) is 35.1 Å². The Morgan fingerprint density at radius 2 is 2.10 bits per heavy atom. The largest absolute Gasteiger partial charge is 0.312 e. The molecule has 1 atom stereocenters. The Kier molecular flexibility index (Phi) is 5.65. The van der Waals surface area contributed by atoms with Crippen molar-refractivity contribution in [2.45, 2.75) is 19.5 Å². The van der Waals surface area contributed by atoms with E-state index in [9.17, 15) is 0 Å². The van der Waals surface area contributed by atoms with E-state index in [1.165, 1.54) is 5.56 Å². The summed E-state index contributed by atoms with van der Waals surface area (Å²) in [5, 5.41) is 8.64. The molecule has 2 aromatic rings. The van der Waals surface area contributed by atoms with E-state index >= 15 is 0 Å². The third kappa shape index (κ3) is 4.20. The molecule has 0 unspecified atom stereocenters. The first-order valence-corrected chi connectivity index (χ1v) is 7.34. The zero-order chi connectivity index (χ0) is 13.9. The Labute approximate surface area is 136 Å². The minimum atomic E-state index is 0. The summed E-state index contributed by atoms with van der Waals surface area (Å²) >= 11 is 5.90. The fourth-order valence-corrected chi connectivity index (χ4v) is 2.72.